The lowest BCUT2D eigenvalue weighted by atomic mass is 10.3. The van der Waals surface area contributed by atoms with Gasteiger partial charge >= 0.3 is 0 Å². The van der Waals surface area contributed by atoms with Crippen LogP contribution < -0.4 is 0 Å². The lowest BCUT2D eigenvalue weighted by Crippen LogP contribution is -2.33. The maximum atomic E-state index is 12.0. The molecule has 18 heavy (non-hydrogen) atoms. The fourth-order valence-electron chi connectivity index (χ4n) is 1.94. The van der Waals surface area contributed by atoms with Crippen LogP contribution in [-0.4, -0.2) is 34.0 Å². The maximum absolute atomic E-state index is 12.0. The summed E-state index contributed by atoms with van der Waals surface area (Å²) in [7, 11) is 0. The molecule has 0 aromatic carbocycles. The standard InChI is InChI=1S/C13H15N3OS/c17-12(11-3-4-11)16-7-6-15-13(16)18-9-10-2-1-5-14-8-10/h1-2,5,8,11H,3-4,6-7,9H2. The molecule has 0 saturated heterocycles. The monoisotopic (exact) mass is 261 g/mol. The second-order valence-electron chi connectivity index (χ2n) is 4.58. The van der Waals surface area contributed by atoms with Gasteiger partial charge in [0.2, 0.25) is 5.91 Å². The van der Waals surface area contributed by atoms with Crippen LogP contribution in [0.2, 0.25) is 0 Å². The van der Waals surface area contributed by atoms with Gasteiger partial charge in [0.15, 0.2) is 5.17 Å². The third-order valence-corrected chi connectivity index (χ3v) is 4.17. The number of amidine groups is 1. The number of aliphatic imine (C=N–C) groups is 1. The Balaban J connectivity index is 1.60. The first-order valence-corrected chi connectivity index (χ1v) is 7.20. The third-order valence-electron chi connectivity index (χ3n) is 3.08. The molecule has 1 aromatic rings. The Labute approximate surface area is 110 Å². The molecular weight excluding hydrogens is 246 g/mol. The van der Waals surface area contributed by atoms with Crippen molar-refractivity contribution in [1.82, 2.24) is 9.88 Å². The van der Waals surface area contributed by atoms with Gasteiger partial charge in [-0.15, -0.1) is 0 Å². The van der Waals surface area contributed by atoms with Crippen molar-refractivity contribution in [3.63, 3.8) is 0 Å². The van der Waals surface area contributed by atoms with Crippen LogP contribution in [0.3, 0.4) is 0 Å². The van der Waals surface area contributed by atoms with Crippen LogP contribution in [0, 0.1) is 5.92 Å². The number of amides is 1. The predicted molar refractivity (Wildman–Crippen MR) is 72.3 cm³/mol. The molecule has 1 amide bonds. The van der Waals surface area contributed by atoms with E-state index in [1.165, 1.54) is 0 Å². The van der Waals surface area contributed by atoms with E-state index >= 15 is 0 Å². The normalized spacial score (nSPS) is 18.9. The minimum Gasteiger partial charge on any atom is -0.289 e. The molecule has 1 saturated carbocycles. The molecule has 4 nitrogen and oxygen atoms in total. The average molecular weight is 261 g/mol. The quantitative estimate of drug-likeness (QED) is 0.835. The molecule has 0 bridgehead atoms. The molecule has 5 heteroatoms. The Morgan fingerprint density at radius 2 is 2.39 bits per heavy atom. The Kier molecular flexibility index (Phi) is 3.32. The van der Waals surface area contributed by atoms with Crippen molar-refractivity contribution in [2.75, 3.05) is 13.1 Å². The van der Waals surface area contributed by atoms with Crippen molar-refractivity contribution < 1.29 is 4.79 Å². The summed E-state index contributed by atoms with van der Waals surface area (Å²) in [5, 5.41) is 0.885. The fraction of sp³-hybridized carbons (Fsp3) is 0.462. The van der Waals surface area contributed by atoms with Crippen LogP contribution >= 0.6 is 11.8 Å². The lowest BCUT2D eigenvalue weighted by Gasteiger charge is -2.17. The van der Waals surface area contributed by atoms with Crippen LogP contribution in [0.15, 0.2) is 29.5 Å². The van der Waals surface area contributed by atoms with Gasteiger partial charge in [0.25, 0.3) is 0 Å². The highest BCUT2D eigenvalue weighted by Gasteiger charge is 2.36. The van der Waals surface area contributed by atoms with E-state index in [4.69, 9.17) is 0 Å². The second kappa shape index (κ2) is 5.10. The first kappa shape index (κ1) is 11.7. The van der Waals surface area contributed by atoms with Gasteiger partial charge in [-0.05, 0) is 24.5 Å². The SMILES string of the molecule is O=C(C1CC1)N1CCN=C1SCc1cccnc1. The number of carbonyl (C=O) groups is 1. The molecule has 0 radical (unpaired) electrons. The number of aromatic nitrogens is 1. The zero-order valence-corrected chi connectivity index (χ0v) is 10.9. The number of carbonyl (C=O) groups excluding carboxylic acids is 1. The number of hydrogen-bond donors (Lipinski definition) is 0. The molecule has 0 spiro atoms. The molecular formula is C13H15N3OS. The fourth-order valence-corrected chi connectivity index (χ4v) is 2.92. The highest BCUT2D eigenvalue weighted by molar-refractivity contribution is 8.13. The lowest BCUT2D eigenvalue weighted by molar-refractivity contribution is -0.128. The Bertz CT molecular complexity index is 470. The predicted octanol–water partition coefficient (Wildman–Crippen LogP) is 1.92. The van der Waals surface area contributed by atoms with Gasteiger partial charge in [-0.2, -0.15) is 0 Å². The van der Waals surface area contributed by atoms with Gasteiger partial charge in [-0.1, -0.05) is 17.8 Å². The first-order valence-electron chi connectivity index (χ1n) is 6.22. The van der Waals surface area contributed by atoms with Crippen molar-refractivity contribution in [3.05, 3.63) is 30.1 Å². The third kappa shape index (κ3) is 2.56. The van der Waals surface area contributed by atoms with E-state index in [0.29, 0.717) is 0 Å². The van der Waals surface area contributed by atoms with Crippen molar-refractivity contribution >= 4 is 22.8 Å². The summed E-state index contributed by atoms with van der Waals surface area (Å²) in [6.07, 6.45) is 5.73. The summed E-state index contributed by atoms with van der Waals surface area (Å²) in [5.41, 5.74) is 1.16. The largest absolute Gasteiger partial charge is 0.289 e. The van der Waals surface area contributed by atoms with Gasteiger partial charge < -0.3 is 0 Å². The number of rotatable bonds is 3. The van der Waals surface area contributed by atoms with Crippen LogP contribution in [-0.2, 0) is 10.5 Å². The Morgan fingerprint density at radius 3 is 3.11 bits per heavy atom. The van der Waals surface area contributed by atoms with Crippen LogP contribution in [0.4, 0.5) is 0 Å². The Hall–Kier alpha value is -1.36. The number of pyridine rings is 1. The molecule has 1 aliphatic carbocycles. The van der Waals surface area contributed by atoms with Gasteiger partial charge in [-0.25, -0.2) is 0 Å². The van der Waals surface area contributed by atoms with Gasteiger partial charge in [0, 0.05) is 30.6 Å². The summed E-state index contributed by atoms with van der Waals surface area (Å²) >= 11 is 1.63. The molecule has 2 heterocycles. The minimum absolute atomic E-state index is 0.268. The number of hydrogen-bond acceptors (Lipinski definition) is 4. The van der Waals surface area contributed by atoms with Gasteiger partial charge in [-0.3, -0.25) is 19.7 Å². The molecule has 1 aromatic heterocycles. The summed E-state index contributed by atoms with van der Waals surface area (Å²) < 4.78 is 0. The highest BCUT2D eigenvalue weighted by Crippen LogP contribution is 2.33. The van der Waals surface area contributed by atoms with Gasteiger partial charge in [0.05, 0.1) is 6.54 Å². The molecule has 0 unspecified atom stereocenters. The van der Waals surface area contributed by atoms with E-state index in [2.05, 4.69) is 9.98 Å². The average Bonchev–Trinajstić information content (AvgIpc) is 3.15. The molecule has 0 atom stereocenters. The summed E-state index contributed by atoms with van der Waals surface area (Å²) in [6, 6.07) is 3.97. The molecule has 3 rings (SSSR count). The molecule has 0 N–H and O–H groups in total. The van der Waals surface area contributed by atoms with E-state index in [1.54, 1.807) is 18.0 Å². The topological polar surface area (TPSA) is 45.6 Å². The van der Waals surface area contributed by atoms with Crippen molar-refractivity contribution in [1.29, 1.82) is 0 Å². The van der Waals surface area contributed by atoms with Crippen LogP contribution in [0.25, 0.3) is 0 Å². The van der Waals surface area contributed by atoms with E-state index in [0.717, 1.165) is 42.4 Å². The van der Waals surface area contributed by atoms with E-state index < -0.39 is 0 Å². The molecule has 2 aliphatic rings. The van der Waals surface area contributed by atoms with Gasteiger partial charge in [0.1, 0.15) is 0 Å². The van der Waals surface area contributed by atoms with Crippen molar-refractivity contribution in [3.8, 4) is 0 Å². The number of nitrogens with zero attached hydrogens (tertiary/aromatic N) is 3. The molecule has 1 fully saturated rings. The van der Waals surface area contributed by atoms with Crippen molar-refractivity contribution in [2.45, 2.75) is 18.6 Å². The van der Waals surface area contributed by atoms with Crippen molar-refractivity contribution in [2.24, 2.45) is 10.9 Å². The zero-order chi connectivity index (χ0) is 12.4. The zero-order valence-electron chi connectivity index (χ0n) is 10.1. The van der Waals surface area contributed by atoms with E-state index in [1.807, 2.05) is 23.2 Å². The highest BCUT2D eigenvalue weighted by atomic mass is 32.2. The summed E-state index contributed by atoms with van der Waals surface area (Å²) in [6.45, 7) is 1.50. The first-order chi connectivity index (χ1) is 8.84. The van der Waals surface area contributed by atoms with E-state index in [9.17, 15) is 4.79 Å². The van der Waals surface area contributed by atoms with E-state index in [-0.39, 0.29) is 11.8 Å². The van der Waals surface area contributed by atoms with Crippen LogP contribution in [0.5, 0.6) is 0 Å². The smallest absolute Gasteiger partial charge is 0.231 e. The molecule has 94 valence electrons. The minimum atomic E-state index is 0.268. The maximum Gasteiger partial charge on any atom is 0.231 e. The summed E-state index contributed by atoms with van der Waals surface area (Å²) in [5.74, 6) is 1.36. The Morgan fingerprint density at radius 1 is 1.50 bits per heavy atom. The second-order valence-corrected chi connectivity index (χ2v) is 5.52. The number of thioether (sulfide) groups is 1. The summed E-state index contributed by atoms with van der Waals surface area (Å²) in [4.78, 5) is 22.4. The molecule has 1 aliphatic heterocycles. The van der Waals surface area contributed by atoms with Crippen LogP contribution in [0.1, 0.15) is 18.4 Å².